The minimum absolute atomic E-state index is 0. The summed E-state index contributed by atoms with van der Waals surface area (Å²) in [7, 11) is 0. The second-order valence-corrected chi connectivity index (χ2v) is 7.63. The molecule has 27 heavy (non-hydrogen) atoms. The van der Waals surface area contributed by atoms with Gasteiger partial charge in [0.05, 0.1) is 10.0 Å². The van der Waals surface area contributed by atoms with Crippen molar-refractivity contribution in [1.29, 1.82) is 0 Å². The van der Waals surface area contributed by atoms with Gasteiger partial charge >= 0.3 is 0 Å². The second kappa shape index (κ2) is 9.24. The zero-order chi connectivity index (χ0) is 18.8. The van der Waals surface area contributed by atoms with Crippen LogP contribution in [-0.2, 0) is 0 Å². The molecule has 0 bridgehead atoms. The first-order valence-electron chi connectivity index (χ1n) is 8.86. The second-order valence-electron chi connectivity index (χ2n) is 6.81. The first kappa shape index (κ1) is 22.0. The minimum Gasteiger partial charge on any atom is -0.332 e. The number of carbonyl (C=O) groups is 1. The zero-order valence-electron chi connectivity index (χ0n) is 15.4. The van der Waals surface area contributed by atoms with E-state index < -0.39 is 0 Å². The molecule has 2 aromatic rings. The van der Waals surface area contributed by atoms with Crippen LogP contribution in [0.3, 0.4) is 0 Å². The van der Waals surface area contributed by atoms with Gasteiger partial charge in [0.15, 0.2) is 0 Å². The molecule has 0 radical (unpaired) electrons. The van der Waals surface area contributed by atoms with E-state index in [2.05, 4.69) is 10.1 Å². The number of piperidine rings is 1. The molecule has 1 fully saturated rings. The van der Waals surface area contributed by atoms with Crippen LogP contribution in [0.25, 0.3) is 5.69 Å². The lowest BCUT2D eigenvalue weighted by molar-refractivity contribution is 0.0610. The van der Waals surface area contributed by atoms with Crippen LogP contribution in [0.1, 0.15) is 55.5 Å². The predicted octanol–water partition coefficient (Wildman–Crippen LogP) is 4.07. The Labute approximate surface area is 175 Å². The Bertz CT molecular complexity index is 788. The van der Waals surface area contributed by atoms with Crippen LogP contribution in [-0.4, -0.2) is 44.7 Å². The summed E-state index contributed by atoms with van der Waals surface area (Å²) in [6.45, 7) is 5.10. The van der Waals surface area contributed by atoms with Gasteiger partial charge in [-0.15, -0.1) is 17.5 Å². The van der Waals surface area contributed by atoms with Crippen molar-refractivity contribution in [1.82, 2.24) is 19.7 Å². The molecular weight excluding hydrogens is 409 g/mol. The van der Waals surface area contributed by atoms with E-state index in [-0.39, 0.29) is 36.1 Å². The van der Waals surface area contributed by atoms with Crippen LogP contribution in [0.15, 0.2) is 18.2 Å². The summed E-state index contributed by atoms with van der Waals surface area (Å²) in [4.78, 5) is 19.3. The van der Waals surface area contributed by atoms with Crippen molar-refractivity contribution >= 4 is 41.5 Å². The molecule has 1 aliphatic rings. The number of aromatic nitrogens is 3. The molecule has 148 valence electrons. The first-order chi connectivity index (χ1) is 12.4. The molecule has 2 N–H and O–H groups in total. The number of halogens is 3. The number of hydrogen-bond donors (Lipinski definition) is 1. The summed E-state index contributed by atoms with van der Waals surface area (Å²) in [5.41, 5.74) is 6.39. The summed E-state index contributed by atoms with van der Waals surface area (Å²) < 4.78 is 1.59. The van der Waals surface area contributed by atoms with E-state index >= 15 is 0 Å². The molecule has 1 aromatic carbocycles. The Morgan fingerprint density at radius 3 is 2.56 bits per heavy atom. The highest BCUT2D eigenvalue weighted by Gasteiger charge is 2.30. The number of benzene rings is 1. The molecule has 1 unspecified atom stereocenters. The Kier molecular flexibility index (Phi) is 7.51. The van der Waals surface area contributed by atoms with Crippen molar-refractivity contribution in [3.05, 3.63) is 39.9 Å². The number of nitrogens with two attached hydrogens (primary N) is 1. The summed E-state index contributed by atoms with van der Waals surface area (Å²) in [5.74, 6) is 0.654. The molecule has 1 amide bonds. The number of carbonyl (C=O) groups excluding carboxylic acids is 1. The van der Waals surface area contributed by atoms with Crippen molar-refractivity contribution in [3.8, 4) is 5.69 Å². The number of nitrogens with zero attached hydrogens (tertiary/aromatic N) is 4. The number of likely N-dealkylation sites (tertiary alicyclic amines) is 1. The highest BCUT2D eigenvalue weighted by Crippen LogP contribution is 2.30. The topological polar surface area (TPSA) is 77.0 Å². The van der Waals surface area contributed by atoms with E-state index in [9.17, 15) is 4.79 Å². The Morgan fingerprint density at radius 1 is 1.30 bits per heavy atom. The van der Waals surface area contributed by atoms with Gasteiger partial charge in [-0.05, 0) is 31.4 Å². The fraction of sp³-hybridized carbons (Fsp3) is 0.500. The third-order valence-corrected chi connectivity index (χ3v) is 5.26. The lowest BCUT2D eigenvalue weighted by Crippen LogP contribution is -2.47. The predicted molar refractivity (Wildman–Crippen MR) is 110 cm³/mol. The van der Waals surface area contributed by atoms with Gasteiger partial charge in [0.25, 0.3) is 5.91 Å². The molecule has 1 aromatic heterocycles. The molecule has 0 saturated carbocycles. The van der Waals surface area contributed by atoms with Gasteiger partial charge in [-0.1, -0.05) is 43.1 Å². The van der Waals surface area contributed by atoms with Crippen LogP contribution in [0.5, 0.6) is 0 Å². The van der Waals surface area contributed by atoms with Crippen molar-refractivity contribution in [3.63, 3.8) is 0 Å². The van der Waals surface area contributed by atoms with Gasteiger partial charge in [0.1, 0.15) is 11.5 Å². The molecule has 1 atom stereocenters. The summed E-state index contributed by atoms with van der Waals surface area (Å²) in [6.07, 6.45) is 2.96. The zero-order valence-corrected chi connectivity index (χ0v) is 17.7. The van der Waals surface area contributed by atoms with Gasteiger partial charge in [-0.2, -0.15) is 0 Å². The third-order valence-electron chi connectivity index (χ3n) is 4.65. The molecule has 6 nitrogen and oxygen atoms in total. The number of amides is 1. The summed E-state index contributed by atoms with van der Waals surface area (Å²) in [5, 5.41) is 5.39. The van der Waals surface area contributed by atoms with Crippen LogP contribution in [0.2, 0.25) is 10.0 Å². The molecule has 9 heteroatoms. The van der Waals surface area contributed by atoms with Crippen LogP contribution in [0.4, 0.5) is 0 Å². The van der Waals surface area contributed by atoms with Gasteiger partial charge in [0, 0.05) is 25.0 Å². The SMILES string of the molecule is CC(C)c1nc(C(=O)N2CCCCC2CN)nn1-c1c(Cl)cccc1Cl.Cl. The van der Waals surface area contributed by atoms with Crippen molar-refractivity contribution in [2.45, 2.75) is 45.1 Å². The average Bonchev–Trinajstić information content (AvgIpc) is 3.06. The first-order valence-corrected chi connectivity index (χ1v) is 9.62. The lowest BCUT2D eigenvalue weighted by atomic mass is 10.0. The molecule has 2 heterocycles. The highest BCUT2D eigenvalue weighted by atomic mass is 35.5. The molecule has 1 aliphatic heterocycles. The van der Waals surface area contributed by atoms with E-state index in [1.807, 2.05) is 13.8 Å². The Hall–Kier alpha value is -1.34. The van der Waals surface area contributed by atoms with E-state index in [1.54, 1.807) is 27.8 Å². The molecule has 1 saturated heterocycles. The molecular formula is C18H24Cl3N5O. The Balaban J connectivity index is 0.00000261. The normalized spacial score (nSPS) is 17.1. The van der Waals surface area contributed by atoms with Crippen LogP contribution < -0.4 is 5.73 Å². The highest BCUT2D eigenvalue weighted by molar-refractivity contribution is 6.37. The minimum atomic E-state index is -0.191. The molecule has 0 spiro atoms. The maximum absolute atomic E-state index is 13.0. The van der Waals surface area contributed by atoms with Crippen LogP contribution in [0, 0.1) is 0 Å². The van der Waals surface area contributed by atoms with Crippen LogP contribution >= 0.6 is 35.6 Å². The Morgan fingerprint density at radius 2 is 1.96 bits per heavy atom. The standard InChI is InChI=1S/C18H23Cl2N5O.ClH/c1-11(2)17-22-16(18(26)24-9-4-3-6-12(24)10-21)23-25(17)15-13(19)7-5-8-14(15)20;/h5,7-8,11-12H,3-4,6,9-10,21H2,1-2H3;1H. The van der Waals surface area contributed by atoms with Gasteiger partial charge in [0.2, 0.25) is 5.82 Å². The fourth-order valence-corrected chi connectivity index (χ4v) is 3.84. The quantitative estimate of drug-likeness (QED) is 0.790. The van der Waals surface area contributed by atoms with Crippen molar-refractivity contribution < 1.29 is 4.79 Å². The largest absolute Gasteiger partial charge is 0.332 e. The fourth-order valence-electron chi connectivity index (χ4n) is 3.29. The molecule has 3 rings (SSSR count). The number of para-hydroxylation sites is 1. The molecule has 0 aliphatic carbocycles. The summed E-state index contributed by atoms with van der Waals surface area (Å²) >= 11 is 12.7. The van der Waals surface area contributed by atoms with Gasteiger partial charge in [-0.25, -0.2) is 9.67 Å². The van der Waals surface area contributed by atoms with E-state index in [0.717, 1.165) is 19.3 Å². The van der Waals surface area contributed by atoms with Crippen molar-refractivity contribution in [2.24, 2.45) is 5.73 Å². The third kappa shape index (κ3) is 4.40. The summed E-state index contributed by atoms with van der Waals surface area (Å²) in [6, 6.07) is 5.29. The average molecular weight is 433 g/mol. The van der Waals surface area contributed by atoms with Crippen molar-refractivity contribution in [2.75, 3.05) is 13.1 Å². The lowest BCUT2D eigenvalue weighted by Gasteiger charge is -2.34. The smallest absolute Gasteiger partial charge is 0.293 e. The van der Waals surface area contributed by atoms with E-state index in [0.29, 0.717) is 34.6 Å². The number of rotatable bonds is 4. The van der Waals surface area contributed by atoms with Gasteiger partial charge in [-0.3, -0.25) is 4.79 Å². The maximum atomic E-state index is 13.0. The van der Waals surface area contributed by atoms with Gasteiger partial charge < -0.3 is 10.6 Å². The van der Waals surface area contributed by atoms with E-state index in [4.69, 9.17) is 28.9 Å². The maximum Gasteiger partial charge on any atom is 0.293 e. The monoisotopic (exact) mass is 431 g/mol. The number of hydrogen-bond acceptors (Lipinski definition) is 4. The van der Waals surface area contributed by atoms with E-state index in [1.165, 1.54) is 0 Å².